The van der Waals surface area contributed by atoms with Crippen LogP contribution < -0.4 is 10.2 Å². The second-order valence-corrected chi connectivity index (χ2v) is 7.82. The molecule has 1 saturated heterocycles. The number of hydrogen-bond acceptors (Lipinski definition) is 4. The predicted molar refractivity (Wildman–Crippen MR) is 118 cm³/mol. The third-order valence-electron chi connectivity index (χ3n) is 5.71. The van der Waals surface area contributed by atoms with Crippen LogP contribution in [0.15, 0.2) is 36.5 Å². The van der Waals surface area contributed by atoms with E-state index in [1.807, 2.05) is 18.2 Å². The second kappa shape index (κ2) is 8.55. The van der Waals surface area contributed by atoms with Gasteiger partial charge in [0.25, 0.3) is 5.91 Å². The lowest BCUT2D eigenvalue weighted by molar-refractivity contribution is 0.0946. The van der Waals surface area contributed by atoms with E-state index < -0.39 is 11.6 Å². The molecule has 5 rings (SSSR count). The summed E-state index contributed by atoms with van der Waals surface area (Å²) in [6.45, 7) is 2.45. The number of hydrogen-bond donors (Lipinski definition) is 2. The normalized spacial score (nSPS) is 16.3. The molecule has 0 saturated carbocycles. The molecule has 164 valence electrons. The van der Waals surface area contributed by atoms with Crippen LogP contribution >= 0.6 is 0 Å². The third kappa shape index (κ3) is 4.01. The Labute approximate surface area is 183 Å². The molecule has 0 spiro atoms. The number of H-pyrrole nitrogens is 1. The van der Waals surface area contributed by atoms with Gasteiger partial charge in [0.1, 0.15) is 17.3 Å². The number of anilines is 1. The Kier molecular flexibility index (Phi) is 5.45. The Bertz CT molecular complexity index is 1180. The van der Waals surface area contributed by atoms with Crippen molar-refractivity contribution >= 4 is 23.7 Å². The third-order valence-corrected chi connectivity index (χ3v) is 5.71. The molecule has 1 fully saturated rings. The summed E-state index contributed by atoms with van der Waals surface area (Å²) in [5.74, 6) is -1.26. The molecule has 0 unspecified atom stereocenters. The molecule has 6 nitrogen and oxygen atoms in total. The maximum Gasteiger partial charge on any atom is 0.253 e. The predicted octanol–water partition coefficient (Wildman–Crippen LogP) is 3.65. The lowest BCUT2D eigenvalue weighted by Crippen LogP contribution is -2.37. The van der Waals surface area contributed by atoms with E-state index in [2.05, 4.69) is 15.3 Å². The topological polar surface area (TPSA) is 70.2 Å². The minimum Gasteiger partial charge on any atom is -0.378 e. The molecule has 1 amide bonds. The Morgan fingerprint density at radius 2 is 1.84 bits per heavy atom. The summed E-state index contributed by atoms with van der Waals surface area (Å²) >= 11 is 0. The first-order valence-electron chi connectivity index (χ1n) is 10.5. The molecule has 1 aromatic carbocycles. The molecule has 4 heterocycles. The number of ether oxygens (including phenoxy) is 1. The molecule has 0 radical (unpaired) electrons. The van der Waals surface area contributed by atoms with Gasteiger partial charge in [0, 0.05) is 49.2 Å². The molecular weight excluding hydrogens is 414 g/mol. The average Bonchev–Trinajstić information content (AvgIpc) is 3.24. The lowest BCUT2D eigenvalue weighted by atomic mass is 10.1. The fourth-order valence-corrected chi connectivity index (χ4v) is 4.11. The zero-order chi connectivity index (χ0) is 22.1. The van der Waals surface area contributed by atoms with Crippen molar-refractivity contribution in [3.8, 4) is 11.3 Å². The van der Waals surface area contributed by atoms with Crippen LogP contribution in [0.4, 0.5) is 14.5 Å². The van der Waals surface area contributed by atoms with E-state index in [1.165, 1.54) is 12.1 Å². The van der Waals surface area contributed by atoms with E-state index in [4.69, 9.17) is 4.74 Å². The minimum atomic E-state index is -0.594. The van der Waals surface area contributed by atoms with Crippen molar-refractivity contribution in [1.82, 2.24) is 15.3 Å². The van der Waals surface area contributed by atoms with Crippen molar-refractivity contribution in [2.75, 3.05) is 37.7 Å². The van der Waals surface area contributed by atoms with E-state index in [-0.39, 0.29) is 11.6 Å². The number of aromatic amines is 1. The number of fused-ring (bicyclic) bond motifs is 1. The van der Waals surface area contributed by atoms with Crippen molar-refractivity contribution in [3.05, 3.63) is 70.7 Å². The average molecular weight is 436 g/mol. The van der Waals surface area contributed by atoms with Crippen LogP contribution in [0, 0.1) is 11.6 Å². The number of rotatable bonds is 4. The number of carbonyl (C=O) groups excluding carboxylic acids is 1. The number of benzene rings is 1. The fraction of sp³-hybridized carbons (Fsp3) is 0.250. The quantitative estimate of drug-likeness (QED) is 0.655. The number of morpholine rings is 1. The lowest BCUT2D eigenvalue weighted by Gasteiger charge is -2.29. The van der Waals surface area contributed by atoms with Crippen LogP contribution in [0.2, 0.25) is 0 Å². The zero-order valence-electron chi connectivity index (χ0n) is 17.3. The molecule has 2 aliphatic heterocycles. The maximum atomic E-state index is 14.6. The van der Waals surface area contributed by atoms with Crippen molar-refractivity contribution in [1.29, 1.82) is 0 Å². The number of carbonyl (C=O) groups is 1. The smallest absolute Gasteiger partial charge is 0.253 e. The molecule has 3 aromatic rings. The van der Waals surface area contributed by atoms with Gasteiger partial charge < -0.3 is 19.9 Å². The Morgan fingerprint density at radius 3 is 2.59 bits per heavy atom. The van der Waals surface area contributed by atoms with Gasteiger partial charge in [-0.15, -0.1) is 0 Å². The van der Waals surface area contributed by atoms with Gasteiger partial charge in [0.15, 0.2) is 0 Å². The minimum absolute atomic E-state index is 0.00896. The molecule has 2 aromatic heterocycles. The van der Waals surface area contributed by atoms with Gasteiger partial charge >= 0.3 is 0 Å². The second-order valence-electron chi connectivity index (χ2n) is 7.82. The van der Waals surface area contributed by atoms with Crippen LogP contribution in [0.5, 0.6) is 0 Å². The summed E-state index contributed by atoms with van der Waals surface area (Å²) in [5, 5.41) is 2.83. The van der Waals surface area contributed by atoms with Crippen molar-refractivity contribution in [2.24, 2.45) is 0 Å². The van der Waals surface area contributed by atoms with Gasteiger partial charge in [0.2, 0.25) is 0 Å². The van der Waals surface area contributed by atoms with Crippen molar-refractivity contribution in [2.45, 2.75) is 6.42 Å². The number of nitrogens with one attached hydrogen (secondary N) is 2. The first-order valence-corrected chi connectivity index (χ1v) is 10.5. The number of pyridine rings is 1. The zero-order valence-corrected chi connectivity index (χ0v) is 17.3. The van der Waals surface area contributed by atoms with Crippen LogP contribution in [0.1, 0.15) is 27.3 Å². The van der Waals surface area contributed by atoms with E-state index in [0.717, 1.165) is 23.4 Å². The van der Waals surface area contributed by atoms with Gasteiger partial charge in [0.05, 0.1) is 24.5 Å². The summed E-state index contributed by atoms with van der Waals surface area (Å²) in [6, 6.07) is 8.20. The summed E-state index contributed by atoms with van der Waals surface area (Å²) < 4.78 is 34.5. The maximum absolute atomic E-state index is 14.6. The summed E-state index contributed by atoms with van der Waals surface area (Å²) in [7, 11) is 0. The van der Waals surface area contributed by atoms with E-state index in [1.54, 1.807) is 23.2 Å². The molecule has 32 heavy (non-hydrogen) atoms. The van der Waals surface area contributed by atoms with Gasteiger partial charge in [-0.25, -0.2) is 8.78 Å². The van der Waals surface area contributed by atoms with E-state index in [9.17, 15) is 13.6 Å². The van der Waals surface area contributed by atoms with Crippen LogP contribution in [0.3, 0.4) is 0 Å². The first-order chi connectivity index (χ1) is 15.6. The molecule has 0 bridgehead atoms. The molecule has 0 atom stereocenters. The van der Waals surface area contributed by atoms with Crippen LogP contribution in [-0.2, 0) is 11.2 Å². The first kappa shape index (κ1) is 20.4. The molecule has 0 aliphatic carbocycles. The number of amides is 1. The largest absolute Gasteiger partial charge is 0.378 e. The van der Waals surface area contributed by atoms with E-state index >= 15 is 0 Å². The molecular formula is C24H22F2N4O2. The Morgan fingerprint density at radius 1 is 1.06 bits per heavy atom. The monoisotopic (exact) mass is 436 g/mol. The van der Waals surface area contributed by atoms with E-state index in [0.29, 0.717) is 49.7 Å². The SMILES string of the molecule is O=C1NCCc2[nH]c(-c3ccnc(C=Cc4cc(F)c(N5CCOCC5)c(F)c4)c3)cc21. The molecule has 8 heteroatoms. The highest BCUT2D eigenvalue weighted by molar-refractivity contribution is 5.97. The molecule has 2 N–H and O–H groups in total. The Hall–Kier alpha value is -3.52. The van der Waals surface area contributed by atoms with Crippen LogP contribution in [-0.4, -0.2) is 48.7 Å². The molecule has 2 aliphatic rings. The van der Waals surface area contributed by atoms with Gasteiger partial charge in [-0.2, -0.15) is 0 Å². The highest BCUT2D eigenvalue weighted by atomic mass is 19.1. The number of aromatic nitrogens is 2. The number of nitrogens with zero attached hydrogens (tertiary/aromatic N) is 2. The Balaban J connectivity index is 1.38. The highest BCUT2D eigenvalue weighted by Gasteiger charge is 2.21. The summed E-state index contributed by atoms with van der Waals surface area (Å²) in [5.41, 5.74) is 4.33. The number of halogens is 2. The fourth-order valence-electron chi connectivity index (χ4n) is 4.11. The summed E-state index contributed by atoms with van der Waals surface area (Å²) in [4.78, 5) is 21.3. The van der Waals surface area contributed by atoms with Crippen molar-refractivity contribution < 1.29 is 18.3 Å². The van der Waals surface area contributed by atoms with Gasteiger partial charge in [-0.1, -0.05) is 6.08 Å². The summed E-state index contributed by atoms with van der Waals surface area (Å²) in [6.07, 6.45) is 5.77. The van der Waals surface area contributed by atoms with Crippen molar-refractivity contribution in [3.63, 3.8) is 0 Å². The van der Waals surface area contributed by atoms with Gasteiger partial charge in [-0.05, 0) is 42.0 Å². The highest BCUT2D eigenvalue weighted by Crippen LogP contribution is 2.27. The van der Waals surface area contributed by atoms with Crippen LogP contribution in [0.25, 0.3) is 23.4 Å². The van der Waals surface area contributed by atoms with Gasteiger partial charge in [-0.3, -0.25) is 9.78 Å². The standard InChI is InChI=1S/C24H22F2N4O2/c25-19-11-15(12-20(26)23(19)30-7-9-32-10-8-30)1-2-17-13-16(3-5-27-17)22-14-18-21(29-22)4-6-28-24(18)31/h1-3,5,11-14,29H,4,6-10H2,(H,28,31).